The third-order valence-corrected chi connectivity index (χ3v) is 8.15. The summed E-state index contributed by atoms with van der Waals surface area (Å²) in [6.07, 6.45) is 2.71. The van der Waals surface area contributed by atoms with Crippen LogP contribution in [0.3, 0.4) is 0 Å². The first kappa shape index (κ1) is 29.8. The van der Waals surface area contributed by atoms with Crippen molar-refractivity contribution in [2.45, 2.75) is 38.6 Å². The van der Waals surface area contributed by atoms with Crippen LogP contribution in [0.1, 0.15) is 43.4 Å². The maximum absolute atomic E-state index is 15.5. The number of carbonyl (C=O) groups is 1. The summed E-state index contributed by atoms with van der Waals surface area (Å²) in [6, 6.07) is 22.3. The van der Waals surface area contributed by atoms with E-state index in [0.29, 0.717) is 16.8 Å². The van der Waals surface area contributed by atoms with Crippen LogP contribution in [0.2, 0.25) is 0 Å². The van der Waals surface area contributed by atoms with E-state index in [2.05, 4.69) is 32.4 Å². The Kier molecular flexibility index (Phi) is 8.21. The maximum Gasteiger partial charge on any atom is 0.339 e. The third kappa shape index (κ3) is 5.33. The van der Waals surface area contributed by atoms with Gasteiger partial charge in [-0.3, -0.25) is 0 Å². The molecule has 5 rings (SSSR count). The Balaban J connectivity index is 1.74. The number of nitriles is 1. The van der Waals surface area contributed by atoms with Gasteiger partial charge in [-0.05, 0) is 88.9 Å². The molecule has 0 bridgehead atoms. The van der Waals surface area contributed by atoms with Gasteiger partial charge in [0.2, 0.25) is 5.54 Å². The van der Waals surface area contributed by atoms with E-state index in [1.54, 1.807) is 24.3 Å². The number of aromatic nitrogens is 1. The first-order chi connectivity index (χ1) is 20.6. The molecule has 2 unspecified atom stereocenters. The number of benzene rings is 4. The molecule has 2 N–H and O–H groups in total. The molecule has 0 saturated heterocycles. The van der Waals surface area contributed by atoms with Crippen molar-refractivity contribution in [2.75, 3.05) is 0 Å². The Morgan fingerprint density at radius 2 is 1.70 bits per heavy atom. The molecule has 5 aromatic rings. The molecule has 216 valence electrons. The molecule has 0 saturated carbocycles. The number of nitrogens with zero attached hydrogens (tertiary/aromatic N) is 2. The number of nitroso groups, excluding NO2 is 1. The highest BCUT2D eigenvalue weighted by Crippen LogP contribution is 2.43. The highest BCUT2D eigenvalue weighted by Gasteiger charge is 2.38. The molecule has 4 aromatic carbocycles. The normalized spacial score (nSPS) is 12.6. The van der Waals surface area contributed by atoms with Crippen LogP contribution >= 0.6 is 9.24 Å². The van der Waals surface area contributed by atoms with E-state index in [-0.39, 0.29) is 11.1 Å². The molecule has 0 aliphatic heterocycles. The lowest BCUT2D eigenvalue weighted by atomic mass is 9.88. The highest BCUT2D eigenvalue weighted by atomic mass is 31.0. The predicted molar refractivity (Wildman–Crippen MR) is 168 cm³/mol. The Morgan fingerprint density at radius 3 is 2.35 bits per heavy atom. The van der Waals surface area contributed by atoms with Crippen molar-refractivity contribution in [2.24, 2.45) is 5.18 Å². The van der Waals surface area contributed by atoms with E-state index in [1.165, 1.54) is 0 Å². The number of aliphatic carboxylic acids is 1. The summed E-state index contributed by atoms with van der Waals surface area (Å²) in [5, 5.41) is 24.1. The quantitative estimate of drug-likeness (QED) is 0.132. The molecule has 0 aliphatic rings. The number of aromatic amines is 1. The zero-order chi connectivity index (χ0) is 30.9. The van der Waals surface area contributed by atoms with E-state index in [9.17, 15) is 20.1 Å². The molecule has 0 aliphatic carbocycles. The second-order valence-electron chi connectivity index (χ2n) is 10.6. The second kappa shape index (κ2) is 11.9. The van der Waals surface area contributed by atoms with E-state index >= 15 is 8.78 Å². The minimum absolute atomic E-state index is 0.214. The summed E-state index contributed by atoms with van der Waals surface area (Å²) in [5.41, 5.74) is 2.47. The standard InChI is InChI=1S/C34H28F2N3O3P/c1-3-4-7-19-8-5-11-22(18-37)29(19)31-25-17-24(43)12-13-28(25)38-32(31)21-10-6-9-20(14-21)30-26(35)15-23(16-27(30)36)34(2,39-42)33(40)41/h5-6,8-17,38H,3-4,7,43H2,1-2H3,(H,40,41). The van der Waals surface area contributed by atoms with Crippen molar-refractivity contribution in [3.05, 3.63) is 106 Å². The average Bonchev–Trinajstić information content (AvgIpc) is 3.37. The van der Waals surface area contributed by atoms with Crippen LogP contribution in [-0.2, 0) is 16.8 Å². The topological polar surface area (TPSA) is 106 Å². The van der Waals surface area contributed by atoms with E-state index < -0.39 is 28.7 Å². The van der Waals surface area contributed by atoms with Gasteiger partial charge in [-0.15, -0.1) is 14.1 Å². The lowest BCUT2D eigenvalue weighted by Crippen LogP contribution is -2.30. The summed E-state index contributed by atoms with van der Waals surface area (Å²) < 4.78 is 30.9. The number of halogens is 2. The molecule has 0 spiro atoms. The van der Waals surface area contributed by atoms with E-state index in [1.807, 2.05) is 36.4 Å². The number of fused-ring (bicyclic) bond motifs is 1. The van der Waals surface area contributed by atoms with Crippen LogP contribution in [0.4, 0.5) is 8.78 Å². The molecule has 1 heterocycles. The number of nitrogens with one attached hydrogen (secondary N) is 1. The molecule has 9 heteroatoms. The van der Waals surface area contributed by atoms with E-state index in [0.717, 1.165) is 71.2 Å². The molecule has 0 radical (unpaired) electrons. The number of carboxylic acids is 1. The number of hydrogen-bond donors (Lipinski definition) is 2. The van der Waals surface area contributed by atoms with Gasteiger partial charge >= 0.3 is 5.97 Å². The van der Waals surface area contributed by atoms with Gasteiger partial charge < -0.3 is 10.1 Å². The Labute approximate surface area is 249 Å². The van der Waals surface area contributed by atoms with Gasteiger partial charge in [-0.2, -0.15) is 5.26 Å². The van der Waals surface area contributed by atoms with Gasteiger partial charge in [0.15, 0.2) is 0 Å². The monoisotopic (exact) mass is 595 g/mol. The Morgan fingerprint density at radius 1 is 1.00 bits per heavy atom. The summed E-state index contributed by atoms with van der Waals surface area (Å²) in [5.74, 6) is -3.67. The molecular formula is C34H28F2N3O3P. The summed E-state index contributed by atoms with van der Waals surface area (Å²) >= 11 is 0. The zero-order valence-electron chi connectivity index (χ0n) is 23.5. The van der Waals surface area contributed by atoms with Gasteiger partial charge in [-0.1, -0.05) is 49.7 Å². The van der Waals surface area contributed by atoms with Gasteiger partial charge in [0.05, 0.1) is 22.9 Å². The second-order valence-corrected chi connectivity index (χ2v) is 11.3. The number of unbranched alkanes of at least 4 members (excludes halogenated alkanes) is 1. The highest BCUT2D eigenvalue weighted by molar-refractivity contribution is 7.27. The number of H-pyrrole nitrogens is 1. The largest absolute Gasteiger partial charge is 0.479 e. The van der Waals surface area contributed by atoms with E-state index in [4.69, 9.17) is 0 Å². The third-order valence-electron chi connectivity index (χ3n) is 7.79. The SMILES string of the molecule is CCCCc1cccc(C#N)c1-c1c(-c2cccc(-c3c(F)cc(C(C)(N=O)C(=O)O)cc3F)c2)[nH]c2ccc(P)cc12. The fraction of sp³-hybridized carbons (Fsp3) is 0.176. The average molecular weight is 596 g/mol. The number of carboxylic acid groups (broad SMARTS) is 1. The molecule has 2 atom stereocenters. The first-order valence-electron chi connectivity index (χ1n) is 13.7. The van der Waals surface area contributed by atoms with Gasteiger partial charge in [0.1, 0.15) is 11.6 Å². The fourth-order valence-corrected chi connectivity index (χ4v) is 5.69. The lowest BCUT2D eigenvalue weighted by Gasteiger charge is -2.18. The maximum atomic E-state index is 15.5. The molecule has 6 nitrogen and oxygen atoms in total. The zero-order valence-corrected chi connectivity index (χ0v) is 24.7. The van der Waals surface area contributed by atoms with Crippen LogP contribution in [-0.4, -0.2) is 16.1 Å². The lowest BCUT2D eigenvalue weighted by molar-refractivity contribution is -0.142. The Bertz CT molecular complexity index is 1920. The van der Waals surface area contributed by atoms with Crippen molar-refractivity contribution >= 4 is 31.4 Å². The summed E-state index contributed by atoms with van der Waals surface area (Å²) in [7, 11) is 2.69. The predicted octanol–water partition coefficient (Wildman–Crippen LogP) is 8.23. The van der Waals surface area contributed by atoms with Crippen molar-refractivity contribution in [3.63, 3.8) is 0 Å². The van der Waals surface area contributed by atoms with Crippen LogP contribution in [0.5, 0.6) is 0 Å². The summed E-state index contributed by atoms with van der Waals surface area (Å²) in [6.45, 7) is 3.10. The first-order valence-corrected chi connectivity index (χ1v) is 14.3. The molecule has 0 amide bonds. The minimum Gasteiger partial charge on any atom is -0.479 e. The van der Waals surface area contributed by atoms with Crippen molar-refractivity contribution in [3.8, 4) is 39.6 Å². The van der Waals surface area contributed by atoms with Gasteiger partial charge in [0.25, 0.3) is 0 Å². The Hall–Kier alpha value is -4.73. The van der Waals surface area contributed by atoms with Crippen LogP contribution in [0.15, 0.2) is 78.0 Å². The molecule has 43 heavy (non-hydrogen) atoms. The molecule has 1 aromatic heterocycles. The number of hydrogen-bond acceptors (Lipinski definition) is 4. The fourth-order valence-electron chi connectivity index (χ4n) is 5.43. The smallest absolute Gasteiger partial charge is 0.339 e. The number of aryl methyl sites for hydroxylation is 1. The number of rotatable bonds is 9. The van der Waals surface area contributed by atoms with Crippen molar-refractivity contribution in [1.82, 2.24) is 4.98 Å². The minimum atomic E-state index is -2.35. The van der Waals surface area contributed by atoms with Crippen LogP contribution in [0.25, 0.3) is 44.4 Å². The van der Waals surface area contributed by atoms with Crippen molar-refractivity contribution < 1.29 is 18.7 Å². The van der Waals surface area contributed by atoms with Crippen LogP contribution < -0.4 is 5.30 Å². The van der Waals surface area contributed by atoms with Crippen molar-refractivity contribution in [1.29, 1.82) is 5.26 Å². The summed E-state index contributed by atoms with van der Waals surface area (Å²) in [4.78, 5) is 26.4. The van der Waals surface area contributed by atoms with Gasteiger partial charge in [-0.25, -0.2) is 13.6 Å². The van der Waals surface area contributed by atoms with Gasteiger partial charge in [0, 0.05) is 22.0 Å². The molecule has 0 fully saturated rings. The molecular weight excluding hydrogens is 567 g/mol. The van der Waals surface area contributed by atoms with Crippen LogP contribution in [0, 0.1) is 27.9 Å².